The number of aliphatic hydroxyl groups is 1. The van der Waals surface area contributed by atoms with Crippen molar-refractivity contribution in [2.45, 2.75) is 31.1 Å². The molecule has 4 heteroatoms. The smallest absolute Gasteiger partial charge is 0.220 e. The Bertz CT molecular complexity index is 356. The van der Waals surface area contributed by atoms with Crippen LogP contribution >= 0.6 is 11.8 Å². The Hall–Kier alpha value is -1.00. The van der Waals surface area contributed by atoms with E-state index in [4.69, 9.17) is 5.11 Å². The van der Waals surface area contributed by atoms with Gasteiger partial charge in [0.1, 0.15) is 0 Å². The normalized spacial score (nSPS) is 12.1. The van der Waals surface area contributed by atoms with Crippen molar-refractivity contribution in [3.63, 3.8) is 0 Å². The third-order valence-corrected chi connectivity index (χ3v) is 3.93. The van der Waals surface area contributed by atoms with Gasteiger partial charge in [-0.25, -0.2) is 0 Å². The van der Waals surface area contributed by atoms with Crippen LogP contribution in [0.5, 0.6) is 0 Å². The predicted octanol–water partition coefficient (Wildman–Crippen LogP) is 2.69. The van der Waals surface area contributed by atoms with Crippen LogP contribution < -0.4 is 5.32 Å². The van der Waals surface area contributed by atoms with E-state index < -0.39 is 0 Å². The molecule has 1 rings (SSSR count). The van der Waals surface area contributed by atoms with Crippen LogP contribution in [0, 0.1) is 5.92 Å². The lowest BCUT2D eigenvalue weighted by molar-refractivity contribution is -0.121. The number of rotatable bonds is 9. The number of thioether (sulfide) groups is 1. The summed E-state index contributed by atoms with van der Waals surface area (Å²) in [5.74, 6) is 1.41. The minimum absolute atomic E-state index is 0.110. The number of hydrogen-bond donors (Lipinski definition) is 2. The van der Waals surface area contributed by atoms with Crippen molar-refractivity contribution in [1.82, 2.24) is 5.32 Å². The van der Waals surface area contributed by atoms with Gasteiger partial charge in [0.15, 0.2) is 0 Å². The van der Waals surface area contributed by atoms with Crippen molar-refractivity contribution in [3.8, 4) is 0 Å². The SMILES string of the molecule is CC(CCO)CNC(=O)CCCSc1ccccc1. The molecule has 1 aromatic carbocycles. The first-order valence-electron chi connectivity index (χ1n) is 6.77. The van der Waals surface area contributed by atoms with E-state index >= 15 is 0 Å². The third kappa shape index (κ3) is 7.90. The first-order chi connectivity index (χ1) is 9.22. The van der Waals surface area contributed by atoms with E-state index in [0.717, 1.165) is 18.6 Å². The second kappa shape index (κ2) is 9.87. The van der Waals surface area contributed by atoms with Gasteiger partial charge < -0.3 is 10.4 Å². The molecule has 0 aromatic heterocycles. The standard InChI is InChI=1S/C15H23NO2S/c1-13(9-10-17)12-16-15(18)8-5-11-19-14-6-3-2-4-7-14/h2-4,6-7,13,17H,5,8-12H2,1H3,(H,16,18). The summed E-state index contributed by atoms with van der Waals surface area (Å²) >= 11 is 1.78. The average Bonchev–Trinajstić information content (AvgIpc) is 2.43. The van der Waals surface area contributed by atoms with Crippen LogP contribution in [0.4, 0.5) is 0 Å². The van der Waals surface area contributed by atoms with Crippen LogP contribution in [-0.4, -0.2) is 29.9 Å². The van der Waals surface area contributed by atoms with Gasteiger partial charge in [0, 0.05) is 24.5 Å². The zero-order valence-electron chi connectivity index (χ0n) is 11.5. The third-order valence-electron chi connectivity index (χ3n) is 2.83. The van der Waals surface area contributed by atoms with Crippen LogP contribution in [0.1, 0.15) is 26.2 Å². The van der Waals surface area contributed by atoms with Gasteiger partial charge in [-0.15, -0.1) is 11.8 Å². The zero-order chi connectivity index (χ0) is 13.9. The second-order valence-electron chi connectivity index (χ2n) is 4.69. The van der Waals surface area contributed by atoms with E-state index in [-0.39, 0.29) is 12.5 Å². The fourth-order valence-corrected chi connectivity index (χ4v) is 2.51. The number of carbonyl (C=O) groups excluding carboxylic acids is 1. The van der Waals surface area contributed by atoms with Gasteiger partial charge in [-0.05, 0) is 36.6 Å². The molecule has 106 valence electrons. The lowest BCUT2D eigenvalue weighted by Crippen LogP contribution is -2.28. The van der Waals surface area contributed by atoms with E-state index in [2.05, 4.69) is 17.4 Å². The van der Waals surface area contributed by atoms with Crippen molar-refractivity contribution in [3.05, 3.63) is 30.3 Å². The molecule has 0 bridgehead atoms. The summed E-state index contributed by atoms with van der Waals surface area (Å²) in [6.07, 6.45) is 2.20. The molecule has 1 aromatic rings. The van der Waals surface area contributed by atoms with E-state index in [1.54, 1.807) is 11.8 Å². The van der Waals surface area contributed by atoms with Crippen molar-refractivity contribution in [2.24, 2.45) is 5.92 Å². The highest BCUT2D eigenvalue weighted by atomic mass is 32.2. The summed E-state index contributed by atoms with van der Waals surface area (Å²) in [5, 5.41) is 11.7. The number of carbonyl (C=O) groups is 1. The van der Waals surface area contributed by atoms with Gasteiger partial charge in [0.2, 0.25) is 5.91 Å². The molecule has 0 radical (unpaired) electrons. The number of amides is 1. The quantitative estimate of drug-likeness (QED) is 0.540. The summed E-state index contributed by atoms with van der Waals surface area (Å²) in [5.41, 5.74) is 0. The number of aliphatic hydroxyl groups excluding tert-OH is 1. The molecule has 1 unspecified atom stereocenters. The van der Waals surface area contributed by atoms with Gasteiger partial charge in [-0.3, -0.25) is 4.79 Å². The Kier molecular flexibility index (Phi) is 8.34. The average molecular weight is 281 g/mol. The maximum atomic E-state index is 11.6. The van der Waals surface area contributed by atoms with Gasteiger partial charge >= 0.3 is 0 Å². The molecule has 1 atom stereocenters. The second-order valence-corrected chi connectivity index (χ2v) is 5.85. The lowest BCUT2D eigenvalue weighted by atomic mass is 10.1. The van der Waals surface area contributed by atoms with Gasteiger partial charge in [0.25, 0.3) is 0 Å². The van der Waals surface area contributed by atoms with Crippen LogP contribution in [0.3, 0.4) is 0 Å². The number of benzene rings is 1. The fourth-order valence-electron chi connectivity index (χ4n) is 1.64. The molecule has 2 N–H and O–H groups in total. The zero-order valence-corrected chi connectivity index (χ0v) is 12.3. The first-order valence-corrected chi connectivity index (χ1v) is 7.76. The van der Waals surface area contributed by atoms with Crippen molar-refractivity contribution < 1.29 is 9.90 Å². The monoisotopic (exact) mass is 281 g/mol. The molecule has 0 spiro atoms. The molecule has 0 aliphatic heterocycles. The highest BCUT2D eigenvalue weighted by Gasteiger charge is 2.05. The number of nitrogens with one attached hydrogen (secondary N) is 1. The molecule has 0 aliphatic carbocycles. The van der Waals surface area contributed by atoms with Crippen molar-refractivity contribution in [2.75, 3.05) is 18.9 Å². The van der Waals surface area contributed by atoms with Gasteiger partial charge in [-0.1, -0.05) is 25.1 Å². The minimum atomic E-state index is 0.110. The van der Waals surface area contributed by atoms with E-state index in [0.29, 0.717) is 18.9 Å². The minimum Gasteiger partial charge on any atom is -0.396 e. The molecule has 1 amide bonds. The molecule has 19 heavy (non-hydrogen) atoms. The molecule has 3 nitrogen and oxygen atoms in total. The highest BCUT2D eigenvalue weighted by Crippen LogP contribution is 2.18. The topological polar surface area (TPSA) is 49.3 Å². The molecule has 0 saturated heterocycles. The largest absolute Gasteiger partial charge is 0.396 e. The molecule has 0 aliphatic rings. The van der Waals surface area contributed by atoms with E-state index in [9.17, 15) is 4.79 Å². The molecule has 0 saturated carbocycles. The summed E-state index contributed by atoms with van der Waals surface area (Å²) in [4.78, 5) is 12.8. The molecule has 0 fully saturated rings. The maximum absolute atomic E-state index is 11.6. The summed E-state index contributed by atoms with van der Waals surface area (Å²) in [6, 6.07) is 10.2. The Labute approximate surface area is 119 Å². The fraction of sp³-hybridized carbons (Fsp3) is 0.533. The van der Waals surface area contributed by atoms with E-state index in [1.165, 1.54) is 4.90 Å². The van der Waals surface area contributed by atoms with Crippen LogP contribution in [-0.2, 0) is 4.79 Å². The Balaban J connectivity index is 2.04. The lowest BCUT2D eigenvalue weighted by Gasteiger charge is -2.10. The van der Waals surface area contributed by atoms with Gasteiger partial charge in [0.05, 0.1) is 0 Å². The van der Waals surface area contributed by atoms with Crippen LogP contribution in [0.25, 0.3) is 0 Å². The Morgan fingerprint density at radius 2 is 2.11 bits per heavy atom. The Morgan fingerprint density at radius 1 is 1.37 bits per heavy atom. The van der Waals surface area contributed by atoms with E-state index in [1.807, 2.05) is 25.1 Å². The maximum Gasteiger partial charge on any atom is 0.220 e. The number of hydrogen-bond acceptors (Lipinski definition) is 3. The van der Waals surface area contributed by atoms with Crippen molar-refractivity contribution >= 4 is 17.7 Å². The summed E-state index contributed by atoms with van der Waals surface area (Å²) < 4.78 is 0. The summed E-state index contributed by atoms with van der Waals surface area (Å²) in [7, 11) is 0. The molecular weight excluding hydrogens is 258 g/mol. The van der Waals surface area contributed by atoms with Crippen LogP contribution in [0.2, 0.25) is 0 Å². The molecule has 0 heterocycles. The van der Waals surface area contributed by atoms with Crippen LogP contribution in [0.15, 0.2) is 35.2 Å². The van der Waals surface area contributed by atoms with Gasteiger partial charge in [-0.2, -0.15) is 0 Å². The summed E-state index contributed by atoms with van der Waals surface area (Å²) in [6.45, 7) is 2.87. The Morgan fingerprint density at radius 3 is 2.79 bits per heavy atom. The highest BCUT2D eigenvalue weighted by molar-refractivity contribution is 7.99. The van der Waals surface area contributed by atoms with Crippen molar-refractivity contribution in [1.29, 1.82) is 0 Å². The molecular formula is C15H23NO2S. The predicted molar refractivity (Wildman–Crippen MR) is 80.3 cm³/mol. The first kappa shape index (κ1) is 16.1.